The number of nitrogens with zero attached hydrogens (tertiary/aromatic N) is 1. The zero-order valence-corrected chi connectivity index (χ0v) is 12.5. The van der Waals surface area contributed by atoms with Crippen molar-refractivity contribution < 1.29 is 0 Å². The lowest BCUT2D eigenvalue weighted by Gasteiger charge is -2.13. The predicted octanol–water partition coefficient (Wildman–Crippen LogP) is 5.05. The molecule has 1 aromatic heterocycles. The standard InChI is InChI=1S/C16H22N2S/c1-3-4-5-6-14-7-9-15(10-8-14)18-13(2)16-11-17-12-19-16/h7-13,18H,3-6H2,1-2H3. The number of thiazole rings is 1. The van der Waals surface area contributed by atoms with E-state index >= 15 is 0 Å². The Bertz CT molecular complexity index is 462. The van der Waals surface area contributed by atoms with Crippen LogP contribution in [0.5, 0.6) is 0 Å². The van der Waals surface area contributed by atoms with Gasteiger partial charge in [-0.05, 0) is 37.5 Å². The highest BCUT2D eigenvalue weighted by Crippen LogP contribution is 2.22. The van der Waals surface area contributed by atoms with Crippen molar-refractivity contribution in [1.82, 2.24) is 4.98 Å². The number of aromatic nitrogens is 1. The van der Waals surface area contributed by atoms with Crippen molar-refractivity contribution in [3.05, 3.63) is 46.4 Å². The van der Waals surface area contributed by atoms with Crippen LogP contribution in [0.2, 0.25) is 0 Å². The highest BCUT2D eigenvalue weighted by Gasteiger charge is 2.06. The van der Waals surface area contributed by atoms with Crippen LogP contribution in [-0.2, 0) is 6.42 Å². The van der Waals surface area contributed by atoms with Gasteiger partial charge in [-0.15, -0.1) is 11.3 Å². The molecular weight excluding hydrogens is 252 g/mol. The molecule has 102 valence electrons. The first-order valence-corrected chi connectivity index (χ1v) is 7.91. The van der Waals surface area contributed by atoms with E-state index in [1.165, 1.54) is 41.8 Å². The van der Waals surface area contributed by atoms with E-state index in [0.29, 0.717) is 6.04 Å². The lowest BCUT2D eigenvalue weighted by molar-refractivity contribution is 0.717. The molecule has 1 N–H and O–H groups in total. The quantitative estimate of drug-likeness (QED) is 0.715. The lowest BCUT2D eigenvalue weighted by Crippen LogP contribution is -2.04. The number of anilines is 1. The summed E-state index contributed by atoms with van der Waals surface area (Å²) in [4.78, 5) is 5.39. The van der Waals surface area contributed by atoms with Gasteiger partial charge in [0, 0.05) is 16.8 Å². The molecule has 1 atom stereocenters. The molecule has 2 nitrogen and oxygen atoms in total. The molecular formula is C16H22N2S. The van der Waals surface area contributed by atoms with Gasteiger partial charge in [0.25, 0.3) is 0 Å². The Morgan fingerprint density at radius 1 is 1.21 bits per heavy atom. The fraction of sp³-hybridized carbons (Fsp3) is 0.438. The molecule has 0 aliphatic rings. The first kappa shape index (κ1) is 14.1. The molecule has 1 unspecified atom stereocenters. The average molecular weight is 274 g/mol. The smallest absolute Gasteiger partial charge is 0.0795 e. The second-order valence-electron chi connectivity index (χ2n) is 4.92. The second-order valence-corrected chi connectivity index (χ2v) is 5.84. The summed E-state index contributed by atoms with van der Waals surface area (Å²) in [6, 6.07) is 9.14. The van der Waals surface area contributed by atoms with Gasteiger partial charge in [0.15, 0.2) is 0 Å². The van der Waals surface area contributed by atoms with Crippen molar-refractivity contribution in [1.29, 1.82) is 0 Å². The van der Waals surface area contributed by atoms with Gasteiger partial charge >= 0.3 is 0 Å². The maximum absolute atomic E-state index is 4.12. The number of benzene rings is 1. The van der Waals surface area contributed by atoms with E-state index in [1.807, 2.05) is 11.7 Å². The lowest BCUT2D eigenvalue weighted by atomic mass is 10.1. The maximum Gasteiger partial charge on any atom is 0.0795 e. The number of nitrogens with one attached hydrogen (secondary N) is 1. The SMILES string of the molecule is CCCCCc1ccc(NC(C)c2cncs2)cc1. The molecule has 0 aliphatic carbocycles. The predicted molar refractivity (Wildman–Crippen MR) is 83.8 cm³/mol. The van der Waals surface area contributed by atoms with Crippen LogP contribution in [0.4, 0.5) is 5.69 Å². The van der Waals surface area contributed by atoms with Gasteiger partial charge in [-0.1, -0.05) is 31.9 Å². The zero-order chi connectivity index (χ0) is 13.5. The van der Waals surface area contributed by atoms with E-state index in [9.17, 15) is 0 Å². The molecule has 2 rings (SSSR count). The molecule has 0 fully saturated rings. The molecule has 0 bridgehead atoms. The molecule has 2 aromatic rings. The highest BCUT2D eigenvalue weighted by atomic mass is 32.1. The van der Waals surface area contributed by atoms with E-state index in [4.69, 9.17) is 0 Å². The van der Waals surface area contributed by atoms with E-state index in [0.717, 1.165) is 0 Å². The minimum atomic E-state index is 0.318. The fourth-order valence-corrected chi connectivity index (χ4v) is 2.74. The third-order valence-corrected chi connectivity index (χ3v) is 4.24. The summed E-state index contributed by atoms with van der Waals surface area (Å²) in [6.07, 6.45) is 7.02. The van der Waals surface area contributed by atoms with Gasteiger partial charge in [-0.25, -0.2) is 0 Å². The van der Waals surface area contributed by atoms with Crippen molar-refractivity contribution >= 4 is 17.0 Å². The third kappa shape index (κ3) is 4.35. The van der Waals surface area contributed by atoms with Crippen LogP contribution in [0.25, 0.3) is 0 Å². The largest absolute Gasteiger partial charge is 0.378 e. The molecule has 0 radical (unpaired) electrons. The van der Waals surface area contributed by atoms with Crippen LogP contribution >= 0.6 is 11.3 Å². The van der Waals surface area contributed by atoms with Crippen molar-refractivity contribution in [2.45, 2.75) is 45.6 Å². The monoisotopic (exact) mass is 274 g/mol. The number of unbranched alkanes of at least 4 members (excludes halogenated alkanes) is 2. The number of rotatable bonds is 7. The van der Waals surface area contributed by atoms with Crippen molar-refractivity contribution in [2.75, 3.05) is 5.32 Å². The van der Waals surface area contributed by atoms with Crippen molar-refractivity contribution in [2.24, 2.45) is 0 Å². The summed E-state index contributed by atoms with van der Waals surface area (Å²) in [7, 11) is 0. The van der Waals surface area contributed by atoms with Crippen LogP contribution in [0.3, 0.4) is 0 Å². The first-order valence-electron chi connectivity index (χ1n) is 7.03. The van der Waals surface area contributed by atoms with Crippen LogP contribution in [0, 0.1) is 0 Å². The highest BCUT2D eigenvalue weighted by molar-refractivity contribution is 7.09. The van der Waals surface area contributed by atoms with E-state index < -0.39 is 0 Å². The number of aryl methyl sites for hydroxylation is 1. The Hall–Kier alpha value is -1.35. The summed E-state index contributed by atoms with van der Waals surface area (Å²) in [6.45, 7) is 4.41. The maximum atomic E-state index is 4.12. The van der Waals surface area contributed by atoms with Crippen LogP contribution in [0.1, 0.15) is 49.6 Å². The molecule has 19 heavy (non-hydrogen) atoms. The molecule has 0 amide bonds. The van der Waals surface area contributed by atoms with Gasteiger partial charge in [0.2, 0.25) is 0 Å². The average Bonchev–Trinajstić information content (AvgIpc) is 2.95. The Balaban J connectivity index is 1.88. The Kier molecular flexibility index (Phi) is 5.40. The van der Waals surface area contributed by atoms with Gasteiger partial charge in [-0.3, -0.25) is 4.98 Å². The van der Waals surface area contributed by atoms with E-state index in [2.05, 4.69) is 48.4 Å². The Morgan fingerprint density at radius 3 is 2.63 bits per heavy atom. The van der Waals surface area contributed by atoms with E-state index in [1.54, 1.807) is 11.3 Å². The minimum absolute atomic E-state index is 0.318. The first-order chi connectivity index (χ1) is 9.29. The van der Waals surface area contributed by atoms with Crippen molar-refractivity contribution in [3.63, 3.8) is 0 Å². The number of hydrogen-bond donors (Lipinski definition) is 1. The van der Waals surface area contributed by atoms with Gasteiger partial charge in [0.05, 0.1) is 11.6 Å². The molecule has 0 aliphatic heterocycles. The zero-order valence-electron chi connectivity index (χ0n) is 11.7. The molecule has 0 saturated heterocycles. The molecule has 1 aromatic carbocycles. The number of hydrogen-bond acceptors (Lipinski definition) is 3. The van der Waals surface area contributed by atoms with Gasteiger partial charge < -0.3 is 5.32 Å². The third-order valence-electron chi connectivity index (χ3n) is 3.28. The van der Waals surface area contributed by atoms with E-state index in [-0.39, 0.29) is 0 Å². The Labute approximate surface area is 119 Å². The summed E-state index contributed by atoms with van der Waals surface area (Å²) in [5.41, 5.74) is 4.49. The van der Waals surface area contributed by atoms with Gasteiger partial charge in [-0.2, -0.15) is 0 Å². The molecule has 3 heteroatoms. The fourth-order valence-electron chi connectivity index (χ4n) is 2.11. The van der Waals surface area contributed by atoms with Gasteiger partial charge in [0.1, 0.15) is 0 Å². The Morgan fingerprint density at radius 2 is 2.00 bits per heavy atom. The topological polar surface area (TPSA) is 24.9 Å². The second kappa shape index (κ2) is 7.29. The minimum Gasteiger partial charge on any atom is -0.378 e. The van der Waals surface area contributed by atoms with Crippen LogP contribution in [0.15, 0.2) is 36.0 Å². The van der Waals surface area contributed by atoms with Crippen molar-refractivity contribution in [3.8, 4) is 0 Å². The summed E-state index contributed by atoms with van der Waals surface area (Å²) in [5.74, 6) is 0. The summed E-state index contributed by atoms with van der Waals surface area (Å²) < 4.78 is 0. The normalized spacial score (nSPS) is 12.3. The molecule has 0 saturated carbocycles. The van der Waals surface area contributed by atoms with Crippen LogP contribution in [-0.4, -0.2) is 4.98 Å². The molecule has 1 heterocycles. The summed E-state index contributed by atoms with van der Waals surface area (Å²) in [5, 5.41) is 3.51. The van der Waals surface area contributed by atoms with Crippen LogP contribution < -0.4 is 5.32 Å². The molecule has 0 spiro atoms. The summed E-state index contributed by atoms with van der Waals surface area (Å²) >= 11 is 1.69.